The van der Waals surface area contributed by atoms with Crippen LogP contribution in [-0.2, 0) is 9.47 Å². The van der Waals surface area contributed by atoms with E-state index in [9.17, 15) is 0 Å². The molecule has 78 valence electrons. The number of methoxy groups -OCH3 is 1. The molecule has 0 aromatic carbocycles. The maximum Gasteiger partial charge on any atom is 0.0715 e. The van der Waals surface area contributed by atoms with E-state index in [-0.39, 0.29) is 0 Å². The normalized spacial score (nSPS) is 28.2. The molecular formula is C10H21NO2. The molecule has 1 aliphatic heterocycles. The molecule has 1 rings (SSSR count). The monoisotopic (exact) mass is 187 g/mol. The van der Waals surface area contributed by atoms with Crippen LogP contribution in [0.25, 0.3) is 0 Å². The molecule has 1 fully saturated rings. The Morgan fingerprint density at radius 1 is 1.38 bits per heavy atom. The third-order valence-electron chi connectivity index (χ3n) is 2.46. The predicted molar refractivity (Wildman–Crippen MR) is 52.9 cm³/mol. The molecule has 3 nitrogen and oxygen atoms in total. The summed E-state index contributed by atoms with van der Waals surface area (Å²) in [6.07, 6.45) is 4.09. The number of ether oxygens (including phenoxy) is 2. The highest BCUT2D eigenvalue weighted by Gasteiger charge is 2.23. The van der Waals surface area contributed by atoms with Crippen molar-refractivity contribution in [3.8, 4) is 0 Å². The average molecular weight is 187 g/mol. The Balaban J connectivity index is 2.03. The summed E-state index contributed by atoms with van der Waals surface area (Å²) in [5, 5.41) is 3.47. The van der Waals surface area contributed by atoms with E-state index in [2.05, 4.69) is 12.2 Å². The highest BCUT2D eigenvalue weighted by atomic mass is 16.5. The van der Waals surface area contributed by atoms with Crippen LogP contribution in [0.3, 0.4) is 0 Å². The molecule has 0 amide bonds. The standard InChI is InChI=1S/C10H21NO2/c1-3-4-9-7-10(8-11-9)13-6-5-12-2/h9-11H,3-8H2,1-2H3/t9-,10-/m1/s1. The lowest BCUT2D eigenvalue weighted by molar-refractivity contribution is 0.0260. The average Bonchev–Trinajstić information content (AvgIpc) is 2.54. The zero-order valence-corrected chi connectivity index (χ0v) is 8.71. The van der Waals surface area contributed by atoms with Gasteiger partial charge in [-0.3, -0.25) is 0 Å². The highest BCUT2D eigenvalue weighted by molar-refractivity contribution is 4.81. The second-order valence-electron chi connectivity index (χ2n) is 3.62. The van der Waals surface area contributed by atoms with Gasteiger partial charge in [0, 0.05) is 19.7 Å². The molecule has 0 spiro atoms. The van der Waals surface area contributed by atoms with Gasteiger partial charge in [-0.25, -0.2) is 0 Å². The summed E-state index contributed by atoms with van der Waals surface area (Å²) < 4.78 is 10.6. The lowest BCUT2D eigenvalue weighted by Gasteiger charge is -2.10. The predicted octanol–water partition coefficient (Wildman–Crippen LogP) is 1.18. The molecule has 1 N–H and O–H groups in total. The van der Waals surface area contributed by atoms with Crippen LogP contribution in [0.4, 0.5) is 0 Å². The quantitative estimate of drug-likeness (QED) is 0.633. The molecule has 3 heteroatoms. The molecule has 1 saturated heterocycles. The Kier molecular flexibility index (Phi) is 5.35. The summed E-state index contributed by atoms with van der Waals surface area (Å²) in [6, 6.07) is 0.678. The summed E-state index contributed by atoms with van der Waals surface area (Å²) in [5.74, 6) is 0. The molecular weight excluding hydrogens is 166 g/mol. The Morgan fingerprint density at radius 3 is 2.92 bits per heavy atom. The van der Waals surface area contributed by atoms with E-state index >= 15 is 0 Å². The van der Waals surface area contributed by atoms with Crippen molar-refractivity contribution >= 4 is 0 Å². The second kappa shape index (κ2) is 6.35. The summed E-state index contributed by atoms with van der Waals surface area (Å²) in [4.78, 5) is 0. The van der Waals surface area contributed by atoms with E-state index in [1.165, 1.54) is 12.8 Å². The molecule has 0 radical (unpaired) electrons. The minimum Gasteiger partial charge on any atom is -0.382 e. The van der Waals surface area contributed by atoms with Gasteiger partial charge < -0.3 is 14.8 Å². The first-order chi connectivity index (χ1) is 6.36. The Bertz CT molecular complexity index is 130. The van der Waals surface area contributed by atoms with Crippen LogP contribution >= 0.6 is 0 Å². The van der Waals surface area contributed by atoms with Gasteiger partial charge in [0.25, 0.3) is 0 Å². The largest absolute Gasteiger partial charge is 0.382 e. The number of nitrogens with one attached hydrogen (secondary N) is 1. The van der Waals surface area contributed by atoms with Gasteiger partial charge in [0.2, 0.25) is 0 Å². The van der Waals surface area contributed by atoms with Gasteiger partial charge >= 0.3 is 0 Å². The van der Waals surface area contributed by atoms with Gasteiger partial charge in [0.1, 0.15) is 0 Å². The van der Waals surface area contributed by atoms with Gasteiger partial charge in [0.05, 0.1) is 19.3 Å². The lowest BCUT2D eigenvalue weighted by Crippen LogP contribution is -2.21. The van der Waals surface area contributed by atoms with Gasteiger partial charge in [0.15, 0.2) is 0 Å². The third-order valence-corrected chi connectivity index (χ3v) is 2.46. The van der Waals surface area contributed by atoms with Gasteiger partial charge in [-0.1, -0.05) is 13.3 Å². The van der Waals surface area contributed by atoms with Crippen molar-refractivity contribution < 1.29 is 9.47 Å². The first-order valence-corrected chi connectivity index (χ1v) is 5.20. The first-order valence-electron chi connectivity index (χ1n) is 5.20. The molecule has 1 heterocycles. The Morgan fingerprint density at radius 2 is 2.23 bits per heavy atom. The summed E-state index contributed by atoms with van der Waals surface area (Å²) >= 11 is 0. The molecule has 0 bridgehead atoms. The second-order valence-corrected chi connectivity index (χ2v) is 3.62. The molecule has 0 aromatic heterocycles. The topological polar surface area (TPSA) is 30.5 Å². The molecule has 0 aliphatic carbocycles. The maximum atomic E-state index is 5.63. The number of hydrogen-bond acceptors (Lipinski definition) is 3. The van der Waals surface area contributed by atoms with E-state index in [0.29, 0.717) is 18.8 Å². The smallest absolute Gasteiger partial charge is 0.0715 e. The SMILES string of the molecule is CCC[C@@H]1C[C@@H](OCCOC)CN1. The summed E-state index contributed by atoms with van der Waals surface area (Å²) in [7, 11) is 1.70. The van der Waals surface area contributed by atoms with Crippen LogP contribution in [0.1, 0.15) is 26.2 Å². The Hall–Kier alpha value is -0.120. The third kappa shape index (κ3) is 4.07. The van der Waals surface area contributed by atoms with Gasteiger partial charge in [-0.2, -0.15) is 0 Å². The zero-order valence-electron chi connectivity index (χ0n) is 8.71. The van der Waals surface area contributed by atoms with Crippen molar-refractivity contribution in [2.45, 2.75) is 38.3 Å². The minimum absolute atomic E-state index is 0.409. The first kappa shape index (κ1) is 11.0. The van der Waals surface area contributed by atoms with E-state index in [4.69, 9.17) is 9.47 Å². The fourth-order valence-corrected chi connectivity index (χ4v) is 1.78. The van der Waals surface area contributed by atoms with E-state index < -0.39 is 0 Å². The van der Waals surface area contributed by atoms with Crippen molar-refractivity contribution in [1.29, 1.82) is 0 Å². The fraction of sp³-hybridized carbons (Fsp3) is 1.00. The van der Waals surface area contributed by atoms with Crippen molar-refractivity contribution in [3.05, 3.63) is 0 Å². The van der Waals surface area contributed by atoms with Crippen molar-refractivity contribution in [2.75, 3.05) is 26.9 Å². The van der Waals surface area contributed by atoms with Crippen LogP contribution < -0.4 is 5.32 Å². The van der Waals surface area contributed by atoms with Crippen LogP contribution in [0.5, 0.6) is 0 Å². The summed E-state index contributed by atoms with van der Waals surface area (Å²) in [6.45, 7) is 4.66. The molecule has 1 aliphatic rings. The van der Waals surface area contributed by atoms with Crippen molar-refractivity contribution in [1.82, 2.24) is 5.32 Å². The number of rotatable bonds is 6. The van der Waals surface area contributed by atoms with Gasteiger partial charge in [-0.05, 0) is 12.8 Å². The molecule has 0 saturated carbocycles. The van der Waals surface area contributed by atoms with Crippen LogP contribution in [0, 0.1) is 0 Å². The molecule has 0 unspecified atom stereocenters. The maximum absolute atomic E-state index is 5.63. The minimum atomic E-state index is 0.409. The summed E-state index contributed by atoms with van der Waals surface area (Å²) in [5.41, 5.74) is 0. The Labute approximate surface area is 80.8 Å². The molecule has 2 atom stereocenters. The lowest BCUT2D eigenvalue weighted by atomic mass is 10.1. The van der Waals surface area contributed by atoms with Crippen LogP contribution in [0.15, 0.2) is 0 Å². The molecule has 0 aromatic rings. The van der Waals surface area contributed by atoms with Crippen molar-refractivity contribution in [3.63, 3.8) is 0 Å². The number of hydrogen-bond donors (Lipinski definition) is 1. The zero-order chi connectivity index (χ0) is 9.52. The van der Waals surface area contributed by atoms with Gasteiger partial charge in [-0.15, -0.1) is 0 Å². The van der Waals surface area contributed by atoms with Crippen molar-refractivity contribution in [2.24, 2.45) is 0 Å². The molecule has 13 heavy (non-hydrogen) atoms. The van der Waals surface area contributed by atoms with E-state index in [0.717, 1.165) is 19.6 Å². The van der Waals surface area contributed by atoms with E-state index in [1.807, 2.05) is 0 Å². The van der Waals surface area contributed by atoms with E-state index in [1.54, 1.807) is 7.11 Å². The fourth-order valence-electron chi connectivity index (χ4n) is 1.78. The highest BCUT2D eigenvalue weighted by Crippen LogP contribution is 2.14. The van der Waals surface area contributed by atoms with Crippen LogP contribution in [-0.4, -0.2) is 39.0 Å². The van der Waals surface area contributed by atoms with Crippen LogP contribution in [0.2, 0.25) is 0 Å².